The lowest BCUT2D eigenvalue weighted by Crippen LogP contribution is -2.29. The van der Waals surface area contributed by atoms with E-state index in [2.05, 4.69) is 0 Å². The number of esters is 1. The molecule has 1 heterocycles. The lowest BCUT2D eigenvalue weighted by Gasteiger charge is -2.30. The summed E-state index contributed by atoms with van der Waals surface area (Å²) in [4.78, 5) is 11.7. The fraction of sp³-hybridized carbons (Fsp3) is 0.929. The van der Waals surface area contributed by atoms with Crippen LogP contribution in [-0.4, -0.2) is 25.8 Å². The average Bonchev–Trinajstić information content (AvgIpc) is 2.83. The van der Waals surface area contributed by atoms with E-state index in [0.717, 1.165) is 18.8 Å². The van der Waals surface area contributed by atoms with E-state index in [-0.39, 0.29) is 11.9 Å². The number of ether oxygens (including phenoxy) is 2. The Balaban J connectivity index is 1.75. The zero-order chi connectivity index (χ0) is 11.8. The molecule has 3 rings (SSSR count). The van der Waals surface area contributed by atoms with Crippen LogP contribution < -0.4 is 0 Å². The highest BCUT2D eigenvalue weighted by Gasteiger charge is 2.44. The summed E-state index contributed by atoms with van der Waals surface area (Å²) >= 11 is 0. The summed E-state index contributed by atoms with van der Waals surface area (Å²) in [6, 6.07) is 0. The SMILES string of the molecule is CO[C@@H]1CC[C@H]2CCC[C@H]3C(=O)OC[C@H]3C[C@H]21. The van der Waals surface area contributed by atoms with Gasteiger partial charge >= 0.3 is 5.97 Å². The van der Waals surface area contributed by atoms with Gasteiger partial charge in [-0.3, -0.25) is 4.79 Å². The van der Waals surface area contributed by atoms with Gasteiger partial charge in [0.15, 0.2) is 0 Å². The number of cyclic esters (lactones) is 1. The van der Waals surface area contributed by atoms with E-state index in [0.29, 0.717) is 24.5 Å². The van der Waals surface area contributed by atoms with Crippen molar-refractivity contribution >= 4 is 5.97 Å². The van der Waals surface area contributed by atoms with Gasteiger partial charge in [-0.15, -0.1) is 0 Å². The first-order valence-corrected chi connectivity index (χ1v) is 6.99. The van der Waals surface area contributed by atoms with Crippen LogP contribution in [0.3, 0.4) is 0 Å². The van der Waals surface area contributed by atoms with E-state index in [4.69, 9.17) is 9.47 Å². The van der Waals surface area contributed by atoms with Crippen LogP contribution in [0.15, 0.2) is 0 Å². The fourth-order valence-corrected chi connectivity index (χ4v) is 4.25. The van der Waals surface area contributed by atoms with Crippen LogP contribution in [0.1, 0.15) is 38.5 Å². The van der Waals surface area contributed by atoms with E-state index < -0.39 is 0 Å². The van der Waals surface area contributed by atoms with Gasteiger partial charge in [0.25, 0.3) is 0 Å². The summed E-state index contributed by atoms with van der Waals surface area (Å²) in [7, 11) is 1.83. The number of hydrogen-bond donors (Lipinski definition) is 0. The van der Waals surface area contributed by atoms with Gasteiger partial charge in [0, 0.05) is 13.0 Å². The normalized spacial score (nSPS) is 45.7. The molecule has 0 spiro atoms. The molecule has 0 radical (unpaired) electrons. The zero-order valence-corrected chi connectivity index (χ0v) is 10.6. The first-order valence-electron chi connectivity index (χ1n) is 6.99. The van der Waals surface area contributed by atoms with Crippen LogP contribution in [0.25, 0.3) is 0 Å². The topological polar surface area (TPSA) is 35.5 Å². The van der Waals surface area contributed by atoms with E-state index in [1.807, 2.05) is 7.11 Å². The maximum absolute atomic E-state index is 11.7. The Morgan fingerprint density at radius 2 is 2.06 bits per heavy atom. The van der Waals surface area contributed by atoms with Crippen molar-refractivity contribution in [1.29, 1.82) is 0 Å². The van der Waals surface area contributed by atoms with Crippen LogP contribution >= 0.6 is 0 Å². The first kappa shape index (κ1) is 11.5. The first-order chi connectivity index (χ1) is 8.29. The second-order valence-electron chi connectivity index (χ2n) is 5.94. The van der Waals surface area contributed by atoms with Gasteiger partial charge in [-0.25, -0.2) is 0 Å². The lowest BCUT2D eigenvalue weighted by molar-refractivity contribution is -0.141. The zero-order valence-electron chi connectivity index (χ0n) is 10.6. The molecule has 1 aliphatic heterocycles. The van der Waals surface area contributed by atoms with Gasteiger partial charge in [-0.2, -0.15) is 0 Å². The van der Waals surface area contributed by atoms with Crippen LogP contribution in [0.4, 0.5) is 0 Å². The highest BCUT2D eigenvalue weighted by atomic mass is 16.5. The number of methoxy groups -OCH3 is 1. The highest BCUT2D eigenvalue weighted by Crippen LogP contribution is 2.46. The van der Waals surface area contributed by atoms with Crippen LogP contribution in [0.2, 0.25) is 0 Å². The fourth-order valence-electron chi connectivity index (χ4n) is 4.25. The molecule has 0 amide bonds. The van der Waals surface area contributed by atoms with E-state index in [1.54, 1.807) is 0 Å². The molecule has 0 bridgehead atoms. The summed E-state index contributed by atoms with van der Waals surface area (Å²) in [5.41, 5.74) is 0. The lowest BCUT2D eigenvalue weighted by atomic mass is 9.75. The largest absolute Gasteiger partial charge is 0.465 e. The second-order valence-corrected chi connectivity index (χ2v) is 5.94. The molecule has 0 aromatic carbocycles. The Labute approximate surface area is 103 Å². The number of carbonyl (C=O) groups excluding carboxylic acids is 1. The average molecular weight is 238 g/mol. The van der Waals surface area contributed by atoms with Crippen molar-refractivity contribution in [3.05, 3.63) is 0 Å². The molecule has 3 nitrogen and oxygen atoms in total. The number of fused-ring (bicyclic) bond motifs is 2. The molecule has 2 aliphatic carbocycles. The molecule has 3 fully saturated rings. The predicted molar refractivity (Wildman–Crippen MR) is 63.4 cm³/mol. The van der Waals surface area contributed by atoms with Crippen LogP contribution in [0.5, 0.6) is 0 Å². The third-order valence-electron chi connectivity index (χ3n) is 5.18. The molecule has 0 N–H and O–H groups in total. The molecule has 0 unspecified atom stereocenters. The number of hydrogen-bond acceptors (Lipinski definition) is 3. The standard InChI is InChI=1S/C14H22O3/c1-16-13-6-5-9-3-2-4-11-10(7-12(9)13)8-17-14(11)15/h9-13H,2-8H2,1H3/t9-,10-,11-,12-,13-/m1/s1. The minimum atomic E-state index is 0.0559. The maximum atomic E-state index is 11.7. The molecule has 0 aromatic heterocycles. The second kappa shape index (κ2) is 4.60. The number of carbonyl (C=O) groups is 1. The van der Waals surface area contributed by atoms with Gasteiger partial charge in [-0.1, -0.05) is 12.8 Å². The summed E-state index contributed by atoms with van der Waals surface area (Å²) < 4.78 is 10.9. The van der Waals surface area contributed by atoms with Crippen molar-refractivity contribution in [2.75, 3.05) is 13.7 Å². The van der Waals surface area contributed by atoms with Crippen molar-refractivity contribution in [2.45, 2.75) is 44.6 Å². The summed E-state index contributed by atoms with van der Waals surface area (Å²) in [5, 5.41) is 0. The molecule has 3 aliphatic rings. The summed E-state index contributed by atoms with van der Waals surface area (Å²) in [5.74, 6) is 2.21. The Morgan fingerprint density at radius 3 is 2.88 bits per heavy atom. The molecule has 2 saturated carbocycles. The maximum Gasteiger partial charge on any atom is 0.309 e. The van der Waals surface area contributed by atoms with Gasteiger partial charge < -0.3 is 9.47 Å². The smallest absolute Gasteiger partial charge is 0.309 e. The third kappa shape index (κ3) is 1.99. The minimum Gasteiger partial charge on any atom is -0.465 e. The monoisotopic (exact) mass is 238 g/mol. The van der Waals surface area contributed by atoms with Crippen molar-refractivity contribution in [3.63, 3.8) is 0 Å². The van der Waals surface area contributed by atoms with Crippen molar-refractivity contribution < 1.29 is 14.3 Å². The predicted octanol–water partition coefficient (Wildman–Crippen LogP) is 2.39. The van der Waals surface area contributed by atoms with Gasteiger partial charge in [0.2, 0.25) is 0 Å². The highest BCUT2D eigenvalue weighted by molar-refractivity contribution is 5.74. The molecular formula is C14H22O3. The third-order valence-corrected chi connectivity index (χ3v) is 5.18. The molecule has 96 valence electrons. The van der Waals surface area contributed by atoms with E-state index in [9.17, 15) is 4.79 Å². The molecule has 5 atom stereocenters. The molecule has 17 heavy (non-hydrogen) atoms. The van der Waals surface area contributed by atoms with Crippen molar-refractivity contribution in [2.24, 2.45) is 23.7 Å². The number of rotatable bonds is 1. The van der Waals surface area contributed by atoms with E-state index in [1.165, 1.54) is 25.7 Å². The summed E-state index contributed by atoms with van der Waals surface area (Å²) in [6.45, 7) is 0.656. The van der Waals surface area contributed by atoms with Crippen molar-refractivity contribution in [1.82, 2.24) is 0 Å². The van der Waals surface area contributed by atoms with Crippen LogP contribution in [-0.2, 0) is 14.3 Å². The van der Waals surface area contributed by atoms with Crippen molar-refractivity contribution in [3.8, 4) is 0 Å². The quantitative estimate of drug-likeness (QED) is 0.658. The summed E-state index contributed by atoms with van der Waals surface area (Å²) in [6.07, 6.45) is 7.60. The Morgan fingerprint density at radius 1 is 1.18 bits per heavy atom. The minimum absolute atomic E-state index is 0.0559. The van der Waals surface area contributed by atoms with Crippen LogP contribution in [0, 0.1) is 23.7 Å². The molecule has 0 aromatic rings. The van der Waals surface area contributed by atoms with Gasteiger partial charge in [-0.05, 0) is 37.5 Å². The molecule has 3 heteroatoms. The Hall–Kier alpha value is -0.570. The molecular weight excluding hydrogens is 216 g/mol. The Bertz CT molecular complexity index is 302. The van der Waals surface area contributed by atoms with E-state index >= 15 is 0 Å². The van der Waals surface area contributed by atoms with Gasteiger partial charge in [0.1, 0.15) is 0 Å². The van der Waals surface area contributed by atoms with Gasteiger partial charge in [0.05, 0.1) is 18.6 Å². The Kier molecular flexibility index (Phi) is 3.12. The molecule has 1 saturated heterocycles.